The number of carbonyl (C=O) groups is 2. The van der Waals surface area contributed by atoms with Gasteiger partial charge in [0.05, 0.1) is 61.5 Å². The Morgan fingerprint density at radius 3 is 2.45 bits per heavy atom. The molecule has 49 heavy (non-hydrogen) atoms. The van der Waals surface area contributed by atoms with E-state index in [4.69, 9.17) is 19.3 Å². The first-order chi connectivity index (χ1) is 23.8. The Hall–Kier alpha value is -5.14. The zero-order chi connectivity index (χ0) is 34.5. The number of hydrogen-bond acceptors (Lipinski definition) is 10. The number of thioether (sulfide) groups is 1. The van der Waals surface area contributed by atoms with Gasteiger partial charge >= 0.3 is 0 Å². The van der Waals surface area contributed by atoms with Crippen LogP contribution in [0.2, 0.25) is 0 Å². The maximum absolute atomic E-state index is 14.1. The molecule has 0 unspecified atom stereocenters. The van der Waals surface area contributed by atoms with E-state index in [1.54, 1.807) is 48.8 Å². The molecule has 0 radical (unpaired) electrons. The SMILES string of the molecule is COc1ccccc1C(=O)NCc1nnc(SCC(=O)N2N=C(c3cccs3)C[C@H]2c2cccc(OC)c2OC)n1-c1cccc(C)c1C. The number of aromatic nitrogens is 3. The Labute approximate surface area is 292 Å². The van der Waals surface area contributed by atoms with E-state index in [2.05, 4.69) is 15.5 Å². The minimum absolute atomic E-state index is 0.0422. The van der Waals surface area contributed by atoms with Crippen molar-refractivity contribution < 1.29 is 23.8 Å². The van der Waals surface area contributed by atoms with Gasteiger partial charge in [0.2, 0.25) is 0 Å². The van der Waals surface area contributed by atoms with Crippen LogP contribution in [0.15, 0.2) is 88.4 Å². The Morgan fingerprint density at radius 2 is 1.69 bits per heavy atom. The van der Waals surface area contributed by atoms with Crippen LogP contribution in [0.25, 0.3) is 5.69 Å². The first kappa shape index (κ1) is 33.7. The molecule has 3 aromatic carbocycles. The number of amides is 2. The van der Waals surface area contributed by atoms with Crippen LogP contribution in [-0.2, 0) is 11.3 Å². The minimum atomic E-state index is -0.395. The van der Waals surface area contributed by atoms with Gasteiger partial charge in [-0.15, -0.1) is 21.5 Å². The molecule has 2 aromatic heterocycles. The number of aryl methyl sites for hydroxylation is 1. The average Bonchev–Trinajstić information content (AvgIpc) is 3.91. The molecule has 3 heterocycles. The lowest BCUT2D eigenvalue weighted by Gasteiger charge is -2.24. The second kappa shape index (κ2) is 15.0. The first-order valence-corrected chi connectivity index (χ1v) is 17.4. The van der Waals surface area contributed by atoms with Crippen LogP contribution < -0.4 is 19.5 Å². The van der Waals surface area contributed by atoms with Crippen LogP contribution in [0.4, 0.5) is 0 Å². The average molecular weight is 697 g/mol. The summed E-state index contributed by atoms with van der Waals surface area (Å²) in [6.07, 6.45) is 0.523. The third-order valence-electron chi connectivity index (χ3n) is 8.36. The largest absolute Gasteiger partial charge is 0.496 e. The van der Waals surface area contributed by atoms with E-state index in [1.165, 1.54) is 18.9 Å². The third-order valence-corrected chi connectivity index (χ3v) is 10.2. The topological polar surface area (TPSA) is 120 Å². The highest BCUT2D eigenvalue weighted by atomic mass is 32.2. The highest BCUT2D eigenvalue weighted by Crippen LogP contribution is 2.42. The first-order valence-electron chi connectivity index (χ1n) is 15.5. The summed E-state index contributed by atoms with van der Waals surface area (Å²) in [5, 5.41) is 20.8. The summed E-state index contributed by atoms with van der Waals surface area (Å²) < 4.78 is 18.6. The minimum Gasteiger partial charge on any atom is -0.496 e. The molecule has 1 atom stereocenters. The molecule has 5 aromatic rings. The number of methoxy groups -OCH3 is 3. The highest BCUT2D eigenvalue weighted by Gasteiger charge is 2.36. The maximum Gasteiger partial charge on any atom is 0.255 e. The van der Waals surface area contributed by atoms with Gasteiger partial charge in [0.15, 0.2) is 22.5 Å². The standard InChI is InChI=1S/C36H36N6O5S2/c1-22-11-8-14-27(23(22)2)41-32(20-37-35(44)25-12-6-7-15-29(25)45-3)38-39-36(41)49-21-33(43)42-28(19-26(40-42)31-17-10-18-48-31)24-13-9-16-30(46-4)34(24)47-5/h6-18,28H,19-21H2,1-5H3,(H,37,44)/t28-/m0/s1. The Kier molecular flexibility index (Phi) is 10.3. The molecule has 1 aliphatic rings. The van der Waals surface area contributed by atoms with Crippen molar-refractivity contribution in [3.63, 3.8) is 0 Å². The molecule has 252 valence electrons. The van der Waals surface area contributed by atoms with Crippen molar-refractivity contribution in [3.05, 3.63) is 111 Å². The van der Waals surface area contributed by atoms with Gasteiger partial charge in [-0.05, 0) is 60.7 Å². The van der Waals surface area contributed by atoms with Crippen LogP contribution in [0.5, 0.6) is 17.2 Å². The predicted octanol–water partition coefficient (Wildman–Crippen LogP) is 6.37. The summed E-state index contributed by atoms with van der Waals surface area (Å²) in [5.74, 6) is 1.68. The van der Waals surface area contributed by atoms with Crippen LogP contribution in [0.1, 0.15) is 50.2 Å². The van der Waals surface area contributed by atoms with Crippen LogP contribution in [-0.4, -0.2) is 64.4 Å². The van der Waals surface area contributed by atoms with Crippen molar-refractivity contribution in [3.8, 4) is 22.9 Å². The molecule has 0 saturated carbocycles. The maximum atomic E-state index is 14.1. The molecule has 1 aliphatic heterocycles. The lowest BCUT2D eigenvalue weighted by atomic mass is 9.99. The van der Waals surface area contributed by atoms with Gasteiger partial charge in [-0.25, -0.2) is 5.01 Å². The van der Waals surface area contributed by atoms with E-state index in [1.807, 2.05) is 78.4 Å². The molecular formula is C36H36N6O5S2. The Bertz CT molecular complexity index is 2010. The number of carbonyl (C=O) groups excluding carboxylic acids is 2. The molecule has 0 bridgehead atoms. The van der Waals surface area contributed by atoms with Crippen LogP contribution in [0, 0.1) is 13.8 Å². The number of benzene rings is 3. The fourth-order valence-electron chi connectivity index (χ4n) is 5.76. The summed E-state index contributed by atoms with van der Waals surface area (Å²) in [5.41, 5.74) is 5.03. The lowest BCUT2D eigenvalue weighted by Crippen LogP contribution is -2.29. The van der Waals surface area contributed by atoms with Crippen molar-refractivity contribution >= 4 is 40.6 Å². The number of hydrazone groups is 1. The number of hydrogen-bond donors (Lipinski definition) is 1. The molecule has 0 spiro atoms. The van der Waals surface area contributed by atoms with Crippen LogP contribution in [0.3, 0.4) is 0 Å². The summed E-state index contributed by atoms with van der Waals surface area (Å²) in [4.78, 5) is 28.2. The van der Waals surface area contributed by atoms with Gasteiger partial charge in [0, 0.05) is 12.0 Å². The van der Waals surface area contributed by atoms with Crippen molar-refractivity contribution in [2.45, 2.75) is 38.0 Å². The number of rotatable bonds is 12. The summed E-state index contributed by atoms with van der Waals surface area (Å²) in [6, 6.07) is 22.3. The summed E-state index contributed by atoms with van der Waals surface area (Å²) >= 11 is 2.85. The molecule has 6 rings (SSSR count). The Balaban J connectivity index is 1.29. The zero-order valence-corrected chi connectivity index (χ0v) is 29.4. The lowest BCUT2D eigenvalue weighted by molar-refractivity contribution is -0.130. The summed E-state index contributed by atoms with van der Waals surface area (Å²) in [7, 11) is 4.71. The van der Waals surface area contributed by atoms with Gasteiger partial charge in [-0.3, -0.25) is 14.2 Å². The normalized spacial score (nSPS) is 14.0. The van der Waals surface area contributed by atoms with Gasteiger partial charge in [0.1, 0.15) is 5.75 Å². The van der Waals surface area contributed by atoms with Crippen molar-refractivity contribution in [1.29, 1.82) is 0 Å². The summed E-state index contributed by atoms with van der Waals surface area (Å²) in [6.45, 7) is 4.16. The van der Waals surface area contributed by atoms with E-state index < -0.39 is 6.04 Å². The molecule has 11 nitrogen and oxygen atoms in total. The molecule has 13 heteroatoms. The third kappa shape index (κ3) is 6.90. The molecular weight excluding hydrogens is 661 g/mol. The van der Waals surface area contributed by atoms with E-state index in [-0.39, 0.29) is 24.1 Å². The molecule has 0 fully saturated rings. The Morgan fingerprint density at radius 1 is 0.918 bits per heavy atom. The number of ether oxygens (including phenoxy) is 3. The fraction of sp³-hybridized carbons (Fsp3) is 0.250. The molecule has 1 N–H and O–H groups in total. The van der Waals surface area contributed by atoms with E-state index in [9.17, 15) is 9.59 Å². The quantitative estimate of drug-likeness (QED) is 0.150. The van der Waals surface area contributed by atoms with Crippen molar-refractivity contribution in [2.75, 3.05) is 27.1 Å². The smallest absolute Gasteiger partial charge is 0.255 e. The number of nitrogens with one attached hydrogen (secondary N) is 1. The van der Waals surface area contributed by atoms with Crippen molar-refractivity contribution in [2.24, 2.45) is 5.10 Å². The van der Waals surface area contributed by atoms with Gasteiger partial charge < -0.3 is 19.5 Å². The van der Waals surface area contributed by atoms with Gasteiger partial charge in [0.25, 0.3) is 11.8 Å². The van der Waals surface area contributed by atoms with E-state index >= 15 is 0 Å². The number of para-hydroxylation sites is 2. The predicted molar refractivity (Wildman–Crippen MR) is 190 cm³/mol. The van der Waals surface area contributed by atoms with Gasteiger partial charge in [-0.2, -0.15) is 5.10 Å². The monoisotopic (exact) mass is 696 g/mol. The number of thiophene rings is 1. The second-order valence-corrected chi connectivity index (χ2v) is 13.1. The highest BCUT2D eigenvalue weighted by molar-refractivity contribution is 7.99. The van der Waals surface area contributed by atoms with Crippen molar-refractivity contribution in [1.82, 2.24) is 25.1 Å². The molecule has 0 aliphatic carbocycles. The van der Waals surface area contributed by atoms with E-state index in [0.29, 0.717) is 40.2 Å². The number of nitrogens with zero attached hydrogens (tertiary/aromatic N) is 5. The van der Waals surface area contributed by atoms with E-state index in [0.717, 1.165) is 33.0 Å². The van der Waals surface area contributed by atoms with Gasteiger partial charge in [-0.1, -0.05) is 54.2 Å². The molecule has 2 amide bonds. The zero-order valence-electron chi connectivity index (χ0n) is 27.8. The fourth-order valence-corrected chi connectivity index (χ4v) is 7.29. The molecule has 0 saturated heterocycles. The van der Waals surface area contributed by atoms with Crippen LogP contribution >= 0.6 is 23.1 Å². The second-order valence-electron chi connectivity index (χ2n) is 11.2.